The van der Waals surface area contributed by atoms with Gasteiger partial charge in [0.2, 0.25) is 0 Å². The van der Waals surface area contributed by atoms with Crippen LogP contribution in [0.1, 0.15) is 153 Å². The number of benzene rings is 3. The molecule has 2 aromatic heterocycles. The number of aromatic nitrogens is 2. The van der Waals surface area contributed by atoms with Crippen LogP contribution in [0.2, 0.25) is 0 Å². The van der Waals surface area contributed by atoms with Gasteiger partial charge in [0.15, 0.2) is 23.1 Å². The maximum absolute atomic E-state index is 14.1. The van der Waals surface area contributed by atoms with Crippen molar-refractivity contribution in [1.82, 2.24) is 9.97 Å². The lowest BCUT2D eigenvalue weighted by Gasteiger charge is -2.41. The van der Waals surface area contributed by atoms with Crippen molar-refractivity contribution in [3.05, 3.63) is 172 Å². The number of H-pyrrole nitrogens is 2. The molecule has 10 rings (SSSR count). The number of nitrogens with zero attached hydrogens (tertiary/aromatic N) is 2. The number of fused-ring (bicyclic) bond motifs is 6. The van der Waals surface area contributed by atoms with Crippen molar-refractivity contribution in [2.24, 2.45) is 33.7 Å². The molecule has 5 aliphatic rings. The molecule has 14 nitrogen and oxygen atoms in total. The number of phenols is 2. The number of aliphatic hydroxyl groups is 2. The Balaban J connectivity index is 0.000000250. The van der Waals surface area contributed by atoms with Crippen LogP contribution in [0.25, 0.3) is 21.8 Å². The third kappa shape index (κ3) is 10.8. The SMILES string of the molecule is C.C.CC1=CC(=O)C(C(C)C)=CC1(O)C(C1=NCCc2c1[nH]c1cc(C)ccc21)C1=C(C)C(=O)C=C(C(C)C)C1=O.CC1=CC(=O)C(C(C)C)=CC1(O)C(C1=NCCc2c1[nH]c1cc(C)ccc21)c1c(C)c(O)cc(C(C)C)c1O.O=O. The van der Waals surface area contributed by atoms with Crippen LogP contribution in [-0.4, -0.2) is 89.2 Å². The lowest BCUT2D eigenvalue weighted by molar-refractivity contribution is -0.117. The summed E-state index contributed by atoms with van der Waals surface area (Å²) in [7, 11) is 0. The number of carbonyl (C=O) groups excluding carboxylic acids is 4. The molecule has 0 saturated heterocycles. The molecule has 434 valence electrons. The molecule has 0 saturated carbocycles. The van der Waals surface area contributed by atoms with Gasteiger partial charge in [0.25, 0.3) is 0 Å². The van der Waals surface area contributed by atoms with Crippen molar-refractivity contribution < 1.29 is 39.6 Å². The Morgan fingerprint density at radius 3 is 1.40 bits per heavy atom. The monoisotopic (exact) mass is 1110 g/mol. The van der Waals surface area contributed by atoms with E-state index in [0.717, 1.165) is 68.3 Å². The number of rotatable bonds is 10. The summed E-state index contributed by atoms with van der Waals surface area (Å²) in [5, 5.41) is 50.3. The number of hydrogen-bond donors (Lipinski definition) is 6. The number of ketones is 4. The first-order chi connectivity index (χ1) is 37.7. The van der Waals surface area contributed by atoms with Gasteiger partial charge in [-0.3, -0.25) is 29.2 Å². The quantitative estimate of drug-likeness (QED) is 0.0571. The summed E-state index contributed by atoms with van der Waals surface area (Å²) in [4.78, 5) is 84.4. The van der Waals surface area contributed by atoms with Crippen molar-refractivity contribution in [2.75, 3.05) is 13.1 Å². The first kappa shape index (κ1) is 63.5. The van der Waals surface area contributed by atoms with Crippen LogP contribution >= 0.6 is 0 Å². The molecule has 0 bridgehead atoms. The molecule has 0 amide bonds. The van der Waals surface area contributed by atoms with Crippen LogP contribution in [0.5, 0.6) is 11.5 Å². The Hall–Kier alpha value is -7.68. The van der Waals surface area contributed by atoms with E-state index in [1.165, 1.54) is 18.2 Å². The van der Waals surface area contributed by atoms with E-state index >= 15 is 0 Å². The minimum Gasteiger partial charge on any atom is -0.508 e. The Bertz CT molecular complexity index is 3710. The number of carbonyl (C=O) groups is 4. The third-order valence-corrected chi connectivity index (χ3v) is 16.9. The van der Waals surface area contributed by atoms with Crippen molar-refractivity contribution >= 4 is 56.4 Å². The molecule has 4 heterocycles. The smallest absolute Gasteiger partial charge is 0.186 e. The molecular formula is C68H82N4O10. The Kier molecular flexibility index (Phi) is 18.6. The summed E-state index contributed by atoms with van der Waals surface area (Å²) in [6.45, 7) is 27.3. The number of phenolic OH excluding ortho intramolecular Hbond substituents is 2. The molecule has 0 radical (unpaired) electrons. The largest absolute Gasteiger partial charge is 0.508 e. The summed E-state index contributed by atoms with van der Waals surface area (Å²) in [5.74, 6) is -3.07. The number of aromatic hydroxyl groups is 2. The fourth-order valence-electron chi connectivity index (χ4n) is 12.3. The average molecular weight is 1120 g/mol. The van der Waals surface area contributed by atoms with Crippen molar-refractivity contribution in [2.45, 2.75) is 148 Å². The summed E-state index contributed by atoms with van der Waals surface area (Å²) in [6, 6.07) is 14.1. The van der Waals surface area contributed by atoms with E-state index in [2.05, 4.69) is 46.4 Å². The molecule has 4 unspecified atom stereocenters. The number of hydrogen-bond acceptors (Lipinski definition) is 12. The molecule has 6 N–H and O–H groups in total. The van der Waals surface area contributed by atoms with E-state index in [4.69, 9.17) is 19.9 Å². The normalized spacial score (nSPS) is 20.5. The number of nitrogens with one attached hydrogen (secondary N) is 2. The molecule has 0 spiro atoms. The molecule has 4 atom stereocenters. The molecule has 14 heteroatoms. The highest BCUT2D eigenvalue weighted by Gasteiger charge is 2.51. The van der Waals surface area contributed by atoms with Crippen LogP contribution in [-0.2, 0) is 32.0 Å². The van der Waals surface area contributed by atoms with Crippen LogP contribution in [0, 0.1) is 54.4 Å². The van der Waals surface area contributed by atoms with Crippen molar-refractivity contribution in [1.29, 1.82) is 0 Å². The number of aryl methyl sites for hydroxylation is 2. The first-order valence-electron chi connectivity index (χ1n) is 27.6. The number of aromatic amines is 2. The van der Waals surface area contributed by atoms with Crippen LogP contribution in [0.4, 0.5) is 0 Å². The van der Waals surface area contributed by atoms with E-state index in [1.54, 1.807) is 45.9 Å². The Labute approximate surface area is 482 Å². The maximum atomic E-state index is 14.1. The van der Waals surface area contributed by atoms with Crippen LogP contribution < -0.4 is 0 Å². The molecule has 3 aliphatic carbocycles. The highest BCUT2D eigenvalue weighted by Crippen LogP contribution is 2.51. The van der Waals surface area contributed by atoms with Gasteiger partial charge in [0.1, 0.15) is 22.7 Å². The molecular weight excluding hydrogens is 1030 g/mol. The first-order valence-corrected chi connectivity index (χ1v) is 27.6. The van der Waals surface area contributed by atoms with E-state index in [-0.39, 0.29) is 78.7 Å². The van der Waals surface area contributed by atoms with Gasteiger partial charge in [-0.2, -0.15) is 0 Å². The maximum Gasteiger partial charge on any atom is 0.186 e. The van der Waals surface area contributed by atoms with Gasteiger partial charge >= 0.3 is 0 Å². The highest BCUT2D eigenvalue weighted by atomic mass is 16.7. The fourth-order valence-corrected chi connectivity index (χ4v) is 12.3. The summed E-state index contributed by atoms with van der Waals surface area (Å²) >= 11 is 0. The highest BCUT2D eigenvalue weighted by molar-refractivity contribution is 6.26. The topological polar surface area (TPSA) is 240 Å². The molecule has 82 heavy (non-hydrogen) atoms. The Morgan fingerprint density at radius 1 is 0.549 bits per heavy atom. The van der Waals surface area contributed by atoms with Gasteiger partial charge in [-0.25, -0.2) is 0 Å². The second-order valence-electron chi connectivity index (χ2n) is 23.5. The molecule has 0 fully saturated rings. The lowest BCUT2D eigenvalue weighted by atomic mass is 9.65. The van der Waals surface area contributed by atoms with E-state index in [9.17, 15) is 39.6 Å². The molecule has 3 aromatic carbocycles. The standard InChI is InChI=1S/C33H38N2O4.C33H36N2O4.2CH4.O2/c2*1-16(2)23-14-26(36)20(7)28(32(23)38)29(33(39)15-24(17(3)4)27(37)13-19(33)6)31-30-22(10-11-34-31)21-9-8-18(5)12-25(21)35-30;;;1-2/h8-9,12-17,29,35-36,38-39H,10-11H2,1-7H3;8-9,12-17,29,35,39H,10-11H2,1-7H3;2*1H4;. The number of aliphatic imine (C=N–C) groups is 2. The number of Topliss-reactive ketones (excluding diaryl/α,β-unsaturated/α-hetero) is 1. The van der Waals surface area contributed by atoms with Gasteiger partial charge in [0, 0.05) is 83.8 Å². The zero-order valence-corrected chi connectivity index (χ0v) is 48.4. The van der Waals surface area contributed by atoms with Gasteiger partial charge in [-0.15, -0.1) is 0 Å². The predicted molar refractivity (Wildman–Crippen MR) is 330 cm³/mol. The van der Waals surface area contributed by atoms with Crippen LogP contribution in [0.15, 0.2) is 122 Å². The zero-order valence-electron chi connectivity index (χ0n) is 48.4. The van der Waals surface area contributed by atoms with Gasteiger partial charge in [-0.1, -0.05) is 94.5 Å². The predicted octanol–water partition coefficient (Wildman–Crippen LogP) is 13.0. The van der Waals surface area contributed by atoms with Crippen LogP contribution in [0.3, 0.4) is 0 Å². The average Bonchev–Trinajstić information content (AvgIpc) is 3.06. The molecule has 2 aliphatic heterocycles. The third-order valence-electron chi connectivity index (χ3n) is 16.9. The number of allylic oxidation sites excluding steroid dienone is 7. The van der Waals surface area contributed by atoms with Gasteiger partial charge < -0.3 is 30.4 Å². The second kappa shape index (κ2) is 24.0. The van der Waals surface area contributed by atoms with Crippen molar-refractivity contribution in [3.63, 3.8) is 0 Å². The fraction of sp³-hybridized carbons (Fsp3) is 0.412. The minimum atomic E-state index is -1.74. The van der Waals surface area contributed by atoms with E-state index in [0.29, 0.717) is 74.6 Å². The minimum absolute atomic E-state index is 0. The van der Waals surface area contributed by atoms with Gasteiger partial charge in [0.05, 0.1) is 34.6 Å². The van der Waals surface area contributed by atoms with E-state index in [1.807, 2.05) is 69.2 Å². The second-order valence-corrected chi connectivity index (χ2v) is 23.5. The lowest BCUT2D eigenvalue weighted by Crippen LogP contribution is -2.49. The summed E-state index contributed by atoms with van der Waals surface area (Å²) < 4.78 is 0. The summed E-state index contributed by atoms with van der Waals surface area (Å²) in [6.07, 6.45) is 9.11. The summed E-state index contributed by atoms with van der Waals surface area (Å²) in [5.41, 5.74) is 10.0. The van der Waals surface area contributed by atoms with Gasteiger partial charge in [-0.05, 0) is 166 Å². The molecule has 5 aromatic rings. The zero-order chi connectivity index (χ0) is 58.8. The van der Waals surface area contributed by atoms with Crippen molar-refractivity contribution in [3.8, 4) is 11.5 Å². The Morgan fingerprint density at radius 2 is 0.976 bits per heavy atom. The van der Waals surface area contributed by atoms with E-state index < -0.39 is 23.0 Å².